The molecule has 0 aliphatic heterocycles. The Labute approximate surface area is 150 Å². The topological polar surface area (TPSA) is 63.6 Å². The maximum atomic E-state index is 12.0. The average molecular weight is 346 g/mol. The second-order valence-corrected chi connectivity index (χ2v) is 6.84. The molecule has 0 fully saturated rings. The van der Waals surface area contributed by atoms with Crippen LogP contribution in [0.25, 0.3) is 0 Å². The SMILES string of the molecule is CCCCCCCCCCCCOc1cccc2c1C(=O)C(O)C2=O. The Balaban J connectivity index is 1.62. The van der Waals surface area contributed by atoms with E-state index in [1.807, 2.05) is 0 Å². The lowest BCUT2D eigenvalue weighted by atomic mass is 10.1. The van der Waals surface area contributed by atoms with E-state index >= 15 is 0 Å². The van der Waals surface area contributed by atoms with Gasteiger partial charge in [0.15, 0.2) is 11.9 Å². The smallest absolute Gasteiger partial charge is 0.203 e. The number of hydrogen-bond donors (Lipinski definition) is 1. The zero-order chi connectivity index (χ0) is 18.1. The summed E-state index contributed by atoms with van der Waals surface area (Å²) in [5, 5.41) is 9.62. The quantitative estimate of drug-likeness (QED) is 0.439. The normalized spacial score (nSPS) is 16.3. The van der Waals surface area contributed by atoms with Gasteiger partial charge in [0.25, 0.3) is 0 Å². The van der Waals surface area contributed by atoms with Gasteiger partial charge in [-0.1, -0.05) is 76.8 Å². The molecule has 0 bridgehead atoms. The highest BCUT2D eigenvalue weighted by Crippen LogP contribution is 2.31. The Morgan fingerprint density at radius 2 is 1.48 bits per heavy atom. The van der Waals surface area contributed by atoms with Crippen LogP contribution in [0.2, 0.25) is 0 Å². The predicted molar refractivity (Wildman–Crippen MR) is 98.4 cm³/mol. The number of carbonyl (C=O) groups excluding carboxylic acids is 2. The van der Waals surface area contributed by atoms with Crippen molar-refractivity contribution in [2.75, 3.05) is 6.61 Å². The Bertz CT molecular complexity index is 579. The van der Waals surface area contributed by atoms with Crippen molar-refractivity contribution in [2.45, 2.75) is 77.2 Å². The first-order chi connectivity index (χ1) is 12.2. The molecule has 0 radical (unpaired) electrons. The first-order valence-corrected chi connectivity index (χ1v) is 9.69. The predicted octanol–water partition coefficient (Wildman–Crippen LogP) is 4.73. The van der Waals surface area contributed by atoms with Gasteiger partial charge in [0.05, 0.1) is 12.2 Å². The maximum absolute atomic E-state index is 12.0. The number of ether oxygens (including phenoxy) is 1. The number of aliphatic hydroxyl groups excluding tert-OH is 1. The molecule has 138 valence electrons. The van der Waals surface area contributed by atoms with Crippen molar-refractivity contribution in [2.24, 2.45) is 0 Å². The number of Topliss-reactive ketones (excluding diaryl/α,β-unsaturated/α-hetero) is 2. The van der Waals surface area contributed by atoms with Crippen LogP contribution >= 0.6 is 0 Å². The summed E-state index contributed by atoms with van der Waals surface area (Å²) in [5.74, 6) is -0.647. The van der Waals surface area contributed by atoms with Crippen LogP contribution in [0.1, 0.15) is 91.8 Å². The van der Waals surface area contributed by atoms with Crippen LogP contribution in [0, 0.1) is 0 Å². The van der Waals surface area contributed by atoms with E-state index in [9.17, 15) is 14.7 Å². The van der Waals surface area contributed by atoms with Gasteiger partial charge in [-0.25, -0.2) is 0 Å². The molecule has 1 aliphatic carbocycles. The molecule has 1 atom stereocenters. The van der Waals surface area contributed by atoms with Crippen LogP contribution in [-0.4, -0.2) is 29.4 Å². The summed E-state index contributed by atoms with van der Waals surface area (Å²) in [6.45, 7) is 2.77. The molecule has 4 heteroatoms. The van der Waals surface area contributed by atoms with E-state index in [0.29, 0.717) is 12.4 Å². The maximum Gasteiger partial charge on any atom is 0.203 e. The summed E-state index contributed by atoms with van der Waals surface area (Å²) >= 11 is 0. The van der Waals surface area contributed by atoms with Gasteiger partial charge >= 0.3 is 0 Å². The van der Waals surface area contributed by atoms with E-state index in [2.05, 4.69) is 6.92 Å². The van der Waals surface area contributed by atoms with Gasteiger partial charge in [-0.2, -0.15) is 0 Å². The Hall–Kier alpha value is -1.68. The molecular weight excluding hydrogens is 316 g/mol. The highest BCUT2D eigenvalue weighted by molar-refractivity contribution is 6.29. The highest BCUT2D eigenvalue weighted by Gasteiger charge is 2.39. The first kappa shape index (κ1) is 19.6. The van der Waals surface area contributed by atoms with Crippen molar-refractivity contribution in [1.82, 2.24) is 0 Å². The van der Waals surface area contributed by atoms with Crippen molar-refractivity contribution in [1.29, 1.82) is 0 Å². The van der Waals surface area contributed by atoms with E-state index in [1.165, 1.54) is 51.4 Å². The lowest BCUT2D eigenvalue weighted by Crippen LogP contribution is -2.20. The Morgan fingerprint density at radius 3 is 2.12 bits per heavy atom. The zero-order valence-corrected chi connectivity index (χ0v) is 15.3. The monoisotopic (exact) mass is 346 g/mol. The van der Waals surface area contributed by atoms with Crippen molar-refractivity contribution in [3.05, 3.63) is 29.3 Å². The van der Waals surface area contributed by atoms with Gasteiger partial charge in [0.2, 0.25) is 5.78 Å². The molecule has 0 heterocycles. The third kappa shape index (κ3) is 5.40. The number of benzene rings is 1. The third-order valence-corrected chi connectivity index (χ3v) is 4.79. The second kappa shape index (κ2) is 10.3. The number of unbranched alkanes of at least 4 members (excludes halogenated alkanes) is 9. The highest BCUT2D eigenvalue weighted by atomic mass is 16.5. The van der Waals surface area contributed by atoms with Gasteiger partial charge < -0.3 is 9.84 Å². The van der Waals surface area contributed by atoms with Crippen molar-refractivity contribution in [3.8, 4) is 5.75 Å². The number of rotatable bonds is 12. The Morgan fingerprint density at radius 1 is 0.880 bits per heavy atom. The molecule has 1 aromatic carbocycles. The minimum absolute atomic E-state index is 0.243. The fourth-order valence-electron chi connectivity index (χ4n) is 3.29. The van der Waals surface area contributed by atoms with Crippen LogP contribution in [0.15, 0.2) is 18.2 Å². The fourth-order valence-corrected chi connectivity index (χ4v) is 3.29. The van der Waals surface area contributed by atoms with Gasteiger partial charge in [-0.15, -0.1) is 0 Å². The van der Waals surface area contributed by atoms with Crippen LogP contribution in [0.4, 0.5) is 0 Å². The fraction of sp³-hybridized carbons (Fsp3) is 0.619. The van der Waals surface area contributed by atoms with Crippen LogP contribution < -0.4 is 4.74 Å². The van der Waals surface area contributed by atoms with Crippen molar-refractivity contribution < 1.29 is 19.4 Å². The van der Waals surface area contributed by atoms with Crippen molar-refractivity contribution >= 4 is 11.6 Å². The molecule has 25 heavy (non-hydrogen) atoms. The Kier molecular flexibility index (Phi) is 8.13. The molecule has 1 aliphatic rings. The summed E-state index contributed by atoms with van der Waals surface area (Å²) in [6, 6.07) is 4.95. The lowest BCUT2D eigenvalue weighted by Gasteiger charge is -2.09. The standard InChI is InChI=1S/C21H30O4/c1-2-3-4-5-6-7-8-9-10-11-15-25-17-14-12-13-16-18(17)20(23)21(24)19(16)22/h12-14,21,24H,2-11,15H2,1H3. The minimum atomic E-state index is -1.56. The van der Waals surface area contributed by atoms with Crippen LogP contribution in [0.3, 0.4) is 0 Å². The summed E-state index contributed by atoms with van der Waals surface area (Å²) < 4.78 is 5.70. The summed E-state index contributed by atoms with van der Waals surface area (Å²) in [6.07, 6.45) is 11.0. The number of aliphatic hydroxyl groups is 1. The molecule has 1 N–H and O–H groups in total. The van der Waals surface area contributed by atoms with E-state index in [0.717, 1.165) is 12.8 Å². The number of carbonyl (C=O) groups is 2. The van der Waals surface area contributed by atoms with E-state index in [4.69, 9.17) is 4.74 Å². The summed E-state index contributed by atoms with van der Waals surface area (Å²) in [4.78, 5) is 23.8. The molecule has 2 rings (SSSR count). The molecular formula is C21H30O4. The van der Waals surface area contributed by atoms with Gasteiger partial charge in [0, 0.05) is 5.56 Å². The lowest BCUT2D eigenvalue weighted by molar-refractivity contribution is 0.0662. The van der Waals surface area contributed by atoms with E-state index in [1.54, 1.807) is 18.2 Å². The van der Waals surface area contributed by atoms with Gasteiger partial charge in [0.1, 0.15) is 5.75 Å². The van der Waals surface area contributed by atoms with E-state index in [-0.39, 0.29) is 11.1 Å². The largest absolute Gasteiger partial charge is 0.493 e. The van der Waals surface area contributed by atoms with Gasteiger partial charge in [-0.05, 0) is 12.5 Å². The van der Waals surface area contributed by atoms with E-state index < -0.39 is 17.7 Å². The average Bonchev–Trinajstić information content (AvgIpc) is 2.85. The molecule has 0 amide bonds. The number of fused-ring (bicyclic) bond motifs is 1. The molecule has 0 aromatic heterocycles. The van der Waals surface area contributed by atoms with Crippen molar-refractivity contribution in [3.63, 3.8) is 0 Å². The summed E-state index contributed by atoms with van der Waals surface area (Å²) in [5.41, 5.74) is 0.519. The molecule has 1 unspecified atom stereocenters. The zero-order valence-electron chi connectivity index (χ0n) is 15.3. The molecule has 4 nitrogen and oxygen atoms in total. The van der Waals surface area contributed by atoms with Crippen LogP contribution in [-0.2, 0) is 0 Å². The summed E-state index contributed by atoms with van der Waals surface area (Å²) in [7, 11) is 0. The molecule has 0 saturated heterocycles. The third-order valence-electron chi connectivity index (χ3n) is 4.79. The number of hydrogen-bond acceptors (Lipinski definition) is 4. The van der Waals surface area contributed by atoms with Crippen LogP contribution in [0.5, 0.6) is 5.75 Å². The second-order valence-electron chi connectivity index (χ2n) is 6.84. The first-order valence-electron chi connectivity index (χ1n) is 9.69. The number of ketones is 2. The molecule has 0 saturated carbocycles. The molecule has 0 spiro atoms. The minimum Gasteiger partial charge on any atom is -0.493 e. The van der Waals surface area contributed by atoms with Gasteiger partial charge in [-0.3, -0.25) is 9.59 Å². The molecule has 1 aromatic rings.